The Morgan fingerprint density at radius 3 is 2.61 bits per heavy atom. The second-order valence-corrected chi connectivity index (χ2v) is 9.26. The lowest BCUT2D eigenvalue weighted by molar-refractivity contribution is -0.126. The highest BCUT2D eigenvalue weighted by Crippen LogP contribution is 2.20. The summed E-state index contributed by atoms with van der Waals surface area (Å²) in [6, 6.07) is 13.6. The molecule has 1 aliphatic rings. The molecule has 1 saturated heterocycles. The summed E-state index contributed by atoms with van der Waals surface area (Å²) in [5.74, 6) is -0.256. The Labute approximate surface area is 167 Å². The molecule has 1 unspecified atom stereocenters. The fourth-order valence-electron chi connectivity index (χ4n) is 3.48. The average molecular weight is 402 g/mol. The number of amides is 1. The number of carbonyl (C=O) groups is 1. The van der Waals surface area contributed by atoms with Crippen molar-refractivity contribution in [3.63, 3.8) is 0 Å². The number of rotatable bonds is 8. The molecule has 1 amide bonds. The minimum Gasteiger partial charge on any atom is -0.352 e. The normalized spacial score (nSPS) is 17.9. The van der Waals surface area contributed by atoms with Crippen LogP contribution in [0.1, 0.15) is 30.4 Å². The zero-order chi connectivity index (χ0) is 19.8. The summed E-state index contributed by atoms with van der Waals surface area (Å²) in [4.78, 5) is 16.5. The molecule has 150 valence electrons. The third kappa shape index (κ3) is 5.87. The quantitative estimate of drug-likeness (QED) is 0.737. The Bertz CT molecular complexity index is 857. The number of aryl methyl sites for hydroxylation is 1. The highest BCUT2D eigenvalue weighted by molar-refractivity contribution is 7.89. The van der Waals surface area contributed by atoms with Crippen molar-refractivity contribution >= 4 is 15.9 Å². The van der Waals surface area contributed by atoms with Crippen molar-refractivity contribution in [3.05, 3.63) is 66.0 Å². The molecular weight excluding hydrogens is 374 g/mol. The molecule has 0 spiro atoms. The number of aromatic nitrogens is 1. The Balaban J connectivity index is 1.49. The zero-order valence-electron chi connectivity index (χ0n) is 16.0. The van der Waals surface area contributed by atoms with Gasteiger partial charge in [-0.1, -0.05) is 30.3 Å². The van der Waals surface area contributed by atoms with Gasteiger partial charge >= 0.3 is 0 Å². The summed E-state index contributed by atoms with van der Waals surface area (Å²) in [7, 11) is -3.34. The fourth-order valence-corrected chi connectivity index (χ4v) is 5.06. The van der Waals surface area contributed by atoms with Gasteiger partial charge in [0.15, 0.2) is 0 Å². The standard InChI is InChI=1S/C21H27N3O3S/c25-21(23-16-19-10-12-22-13-11-19)20-9-4-14-24(17-20)28(26,27)15-5-8-18-6-2-1-3-7-18/h1-3,6-7,10-13,20H,4-5,8-9,14-17H2,(H,23,25). The van der Waals surface area contributed by atoms with Crippen molar-refractivity contribution in [1.29, 1.82) is 0 Å². The van der Waals surface area contributed by atoms with Crippen LogP contribution in [-0.2, 0) is 27.8 Å². The smallest absolute Gasteiger partial charge is 0.224 e. The Kier molecular flexibility index (Phi) is 7.17. The van der Waals surface area contributed by atoms with E-state index in [2.05, 4.69) is 10.3 Å². The molecule has 1 aliphatic heterocycles. The number of nitrogens with zero attached hydrogens (tertiary/aromatic N) is 2. The Morgan fingerprint density at radius 2 is 1.86 bits per heavy atom. The van der Waals surface area contributed by atoms with Gasteiger partial charge in [-0.3, -0.25) is 9.78 Å². The van der Waals surface area contributed by atoms with Crippen LogP contribution in [-0.4, -0.2) is 42.5 Å². The monoisotopic (exact) mass is 401 g/mol. The molecule has 1 aromatic carbocycles. The summed E-state index contributed by atoms with van der Waals surface area (Å²) in [5, 5.41) is 2.92. The van der Waals surface area contributed by atoms with E-state index >= 15 is 0 Å². The van der Waals surface area contributed by atoms with Gasteiger partial charge in [0.05, 0.1) is 11.7 Å². The molecule has 3 rings (SSSR count). The number of piperidine rings is 1. The number of nitrogens with one attached hydrogen (secondary N) is 1. The van der Waals surface area contributed by atoms with Crippen molar-refractivity contribution in [2.75, 3.05) is 18.8 Å². The average Bonchev–Trinajstić information content (AvgIpc) is 2.73. The first-order valence-electron chi connectivity index (χ1n) is 9.73. The van der Waals surface area contributed by atoms with Crippen LogP contribution in [0.3, 0.4) is 0 Å². The van der Waals surface area contributed by atoms with Crippen molar-refractivity contribution < 1.29 is 13.2 Å². The SMILES string of the molecule is O=C(NCc1ccncc1)C1CCCN(S(=O)(=O)CCCc2ccccc2)C1. The van der Waals surface area contributed by atoms with E-state index in [4.69, 9.17) is 0 Å². The fraction of sp³-hybridized carbons (Fsp3) is 0.429. The lowest BCUT2D eigenvalue weighted by Gasteiger charge is -2.31. The Morgan fingerprint density at radius 1 is 1.11 bits per heavy atom. The van der Waals surface area contributed by atoms with Gasteiger partial charge < -0.3 is 5.32 Å². The third-order valence-electron chi connectivity index (χ3n) is 5.07. The number of carbonyl (C=O) groups excluding carboxylic acids is 1. The zero-order valence-corrected chi connectivity index (χ0v) is 16.8. The molecule has 1 N–H and O–H groups in total. The van der Waals surface area contributed by atoms with E-state index in [9.17, 15) is 13.2 Å². The largest absolute Gasteiger partial charge is 0.352 e. The van der Waals surface area contributed by atoms with Gasteiger partial charge in [-0.15, -0.1) is 0 Å². The molecule has 1 fully saturated rings. The minimum atomic E-state index is -3.34. The first kappa shape index (κ1) is 20.5. The van der Waals surface area contributed by atoms with Crippen LogP contribution in [0, 0.1) is 5.92 Å². The molecular formula is C21H27N3O3S. The summed E-state index contributed by atoms with van der Waals surface area (Å²) in [6.45, 7) is 1.21. The van der Waals surface area contributed by atoms with Gasteiger partial charge in [-0.05, 0) is 48.9 Å². The van der Waals surface area contributed by atoms with E-state index in [0.717, 1.165) is 24.0 Å². The van der Waals surface area contributed by atoms with Crippen LogP contribution in [0.4, 0.5) is 0 Å². The first-order valence-corrected chi connectivity index (χ1v) is 11.3. The molecule has 1 aromatic heterocycles. The number of hydrogen-bond acceptors (Lipinski definition) is 4. The highest BCUT2D eigenvalue weighted by atomic mass is 32.2. The summed E-state index contributed by atoms with van der Waals surface area (Å²) in [6.07, 6.45) is 6.13. The lowest BCUT2D eigenvalue weighted by atomic mass is 9.99. The van der Waals surface area contributed by atoms with Gasteiger partial charge in [-0.2, -0.15) is 0 Å². The van der Waals surface area contributed by atoms with Gasteiger partial charge in [0, 0.05) is 32.0 Å². The van der Waals surface area contributed by atoms with E-state index in [1.54, 1.807) is 12.4 Å². The molecule has 28 heavy (non-hydrogen) atoms. The number of sulfonamides is 1. The van der Waals surface area contributed by atoms with Crippen LogP contribution in [0.25, 0.3) is 0 Å². The van der Waals surface area contributed by atoms with E-state index in [-0.39, 0.29) is 24.1 Å². The van der Waals surface area contributed by atoms with Crippen LogP contribution < -0.4 is 5.32 Å². The molecule has 1 atom stereocenters. The van der Waals surface area contributed by atoms with Crippen molar-refractivity contribution in [2.45, 2.75) is 32.2 Å². The summed E-state index contributed by atoms with van der Waals surface area (Å²) in [5.41, 5.74) is 2.12. The summed E-state index contributed by atoms with van der Waals surface area (Å²) < 4.78 is 26.9. The molecule has 0 bridgehead atoms. The van der Waals surface area contributed by atoms with Crippen molar-refractivity contribution in [2.24, 2.45) is 5.92 Å². The number of benzene rings is 1. The Hall–Kier alpha value is -2.25. The predicted octanol–water partition coefficient (Wildman–Crippen LogP) is 2.37. The molecule has 2 aromatic rings. The van der Waals surface area contributed by atoms with Crippen LogP contribution in [0.15, 0.2) is 54.9 Å². The third-order valence-corrected chi connectivity index (χ3v) is 7.00. The van der Waals surface area contributed by atoms with E-state index < -0.39 is 10.0 Å². The maximum Gasteiger partial charge on any atom is 0.224 e. The second kappa shape index (κ2) is 9.80. The van der Waals surface area contributed by atoms with Gasteiger partial charge in [0.2, 0.25) is 15.9 Å². The lowest BCUT2D eigenvalue weighted by Crippen LogP contribution is -2.46. The van der Waals surface area contributed by atoms with Crippen LogP contribution in [0.5, 0.6) is 0 Å². The maximum absolute atomic E-state index is 12.7. The van der Waals surface area contributed by atoms with E-state index in [0.29, 0.717) is 25.9 Å². The maximum atomic E-state index is 12.7. The van der Waals surface area contributed by atoms with Gasteiger partial charge in [0.1, 0.15) is 0 Å². The predicted molar refractivity (Wildman–Crippen MR) is 109 cm³/mol. The molecule has 2 heterocycles. The molecule has 7 heteroatoms. The highest BCUT2D eigenvalue weighted by Gasteiger charge is 2.31. The second-order valence-electron chi connectivity index (χ2n) is 7.18. The molecule has 0 aliphatic carbocycles. The molecule has 6 nitrogen and oxygen atoms in total. The van der Waals surface area contributed by atoms with Gasteiger partial charge in [0.25, 0.3) is 0 Å². The molecule has 0 saturated carbocycles. The van der Waals surface area contributed by atoms with Crippen LogP contribution >= 0.6 is 0 Å². The molecule has 0 radical (unpaired) electrons. The van der Waals surface area contributed by atoms with Crippen molar-refractivity contribution in [1.82, 2.24) is 14.6 Å². The van der Waals surface area contributed by atoms with E-state index in [1.807, 2.05) is 42.5 Å². The number of pyridine rings is 1. The van der Waals surface area contributed by atoms with Crippen molar-refractivity contribution in [3.8, 4) is 0 Å². The topological polar surface area (TPSA) is 79.4 Å². The first-order chi connectivity index (χ1) is 13.5. The van der Waals surface area contributed by atoms with Crippen LogP contribution in [0.2, 0.25) is 0 Å². The number of hydrogen-bond donors (Lipinski definition) is 1. The summed E-state index contributed by atoms with van der Waals surface area (Å²) >= 11 is 0. The minimum absolute atomic E-state index is 0.0824. The van der Waals surface area contributed by atoms with Gasteiger partial charge in [-0.25, -0.2) is 12.7 Å². The van der Waals surface area contributed by atoms with E-state index in [1.165, 1.54) is 4.31 Å².